The molecule has 0 saturated carbocycles. The molecule has 1 amide bonds. The van der Waals surface area contributed by atoms with Gasteiger partial charge >= 0.3 is 0 Å². The van der Waals surface area contributed by atoms with Gasteiger partial charge in [-0.05, 0) is 25.5 Å². The number of nitrogens with zero attached hydrogens (tertiary/aromatic N) is 1. The van der Waals surface area contributed by atoms with Crippen LogP contribution in [-0.4, -0.2) is 36.0 Å². The number of amides is 1. The second-order valence-electron chi connectivity index (χ2n) is 4.89. The zero-order valence-corrected chi connectivity index (χ0v) is 11.0. The minimum absolute atomic E-state index is 0.0969. The summed E-state index contributed by atoms with van der Waals surface area (Å²) in [6.45, 7) is 5.82. The van der Waals surface area contributed by atoms with Crippen molar-refractivity contribution in [3.8, 4) is 0 Å². The van der Waals surface area contributed by atoms with E-state index in [1.807, 2.05) is 41.3 Å². The highest BCUT2D eigenvalue weighted by Crippen LogP contribution is 2.09. The molecule has 0 aliphatic carbocycles. The normalized spacial score (nSPS) is 24.4. The van der Waals surface area contributed by atoms with Crippen LogP contribution >= 0.6 is 0 Å². The SMILES string of the molecule is CC1CN(C(=O)C=Cc2ccccc2)C(C)CN1. The molecule has 1 aliphatic rings. The minimum atomic E-state index is 0.0969. The fraction of sp³-hybridized carbons (Fsp3) is 0.400. The summed E-state index contributed by atoms with van der Waals surface area (Å²) in [7, 11) is 0. The topological polar surface area (TPSA) is 32.3 Å². The first kappa shape index (κ1) is 12.8. The van der Waals surface area contributed by atoms with Gasteiger partial charge in [-0.2, -0.15) is 0 Å². The van der Waals surface area contributed by atoms with Gasteiger partial charge in [0.2, 0.25) is 5.91 Å². The minimum Gasteiger partial charge on any atom is -0.334 e. The molecular formula is C15H20N2O. The van der Waals surface area contributed by atoms with E-state index in [4.69, 9.17) is 0 Å². The van der Waals surface area contributed by atoms with E-state index in [-0.39, 0.29) is 11.9 Å². The van der Waals surface area contributed by atoms with E-state index in [0.717, 1.165) is 18.7 Å². The predicted molar refractivity (Wildman–Crippen MR) is 74.1 cm³/mol. The number of carbonyl (C=O) groups is 1. The van der Waals surface area contributed by atoms with Crippen LogP contribution < -0.4 is 5.32 Å². The van der Waals surface area contributed by atoms with Gasteiger partial charge in [0.1, 0.15) is 0 Å². The number of nitrogens with one attached hydrogen (secondary N) is 1. The average Bonchev–Trinajstić information content (AvgIpc) is 2.40. The summed E-state index contributed by atoms with van der Waals surface area (Å²) in [4.78, 5) is 14.1. The summed E-state index contributed by atoms with van der Waals surface area (Å²) < 4.78 is 0. The van der Waals surface area contributed by atoms with Gasteiger partial charge in [-0.25, -0.2) is 0 Å². The van der Waals surface area contributed by atoms with E-state index in [2.05, 4.69) is 19.2 Å². The van der Waals surface area contributed by atoms with Crippen LogP contribution in [0.15, 0.2) is 36.4 Å². The van der Waals surface area contributed by atoms with Crippen molar-refractivity contribution in [3.05, 3.63) is 42.0 Å². The van der Waals surface area contributed by atoms with Crippen molar-refractivity contribution in [1.82, 2.24) is 10.2 Å². The molecule has 0 spiro atoms. The number of rotatable bonds is 2. The lowest BCUT2D eigenvalue weighted by Crippen LogP contribution is -2.55. The Hall–Kier alpha value is -1.61. The molecule has 18 heavy (non-hydrogen) atoms. The van der Waals surface area contributed by atoms with Crippen molar-refractivity contribution in [1.29, 1.82) is 0 Å². The largest absolute Gasteiger partial charge is 0.334 e. The zero-order valence-electron chi connectivity index (χ0n) is 11.0. The van der Waals surface area contributed by atoms with Crippen LogP contribution in [0.2, 0.25) is 0 Å². The van der Waals surface area contributed by atoms with Crippen molar-refractivity contribution in [3.63, 3.8) is 0 Å². The number of hydrogen-bond acceptors (Lipinski definition) is 2. The smallest absolute Gasteiger partial charge is 0.246 e. The quantitative estimate of drug-likeness (QED) is 0.806. The first-order valence-corrected chi connectivity index (χ1v) is 6.44. The van der Waals surface area contributed by atoms with Crippen molar-refractivity contribution in [2.24, 2.45) is 0 Å². The van der Waals surface area contributed by atoms with Gasteiger partial charge in [-0.3, -0.25) is 4.79 Å². The van der Waals surface area contributed by atoms with Crippen LogP contribution in [0, 0.1) is 0 Å². The zero-order chi connectivity index (χ0) is 13.0. The van der Waals surface area contributed by atoms with Gasteiger partial charge in [-0.15, -0.1) is 0 Å². The molecule has 2 unspecified atom stereocenters. The van der Waals surface area contributed by atoms with Gasteiger partial charge < -0.3 is 10.2 Å². The summed E-state index contributed by atoms with van der Waals surface area (Å²) in [6, 6.07) is 10.5. The number of carbonyl (C=O) groups excluding carboxylic acids is 1. The van der Waals surface area contributed by atoms with Gasteiger partial charge in [0.05, 0.1) is 0 Å². The molecular weight excluding hydrogens is 224 g/mol. The molecule has 1 aromatic carbocycles. The van der Waals surface area contributed by atoms with Crippen molar-refractivity contribution in [2.45, 2.75) is 25.9 Å². The summed E-state index contributed by atoms with van der Waals surface area (Å²) in [5.74, 6) is 0.0969. The summed E-state index contributed by atoms with van der Waals surface area (Å²) >= 11 is 0. The van der Waals surface area contributed by atoms with Crippen LogP contribution in [0.3, 0.4) is 0 Å². The summed E-state index contributed by atoms with van der Waals surface area (Å²) in [6.07, 6.45) is 3.55. The highest BCUT2D eigenvalue weighted by molar-refractivity contribution is 5.92. The molecule has 0 aromatic heterocycles. The fourth-order valence-electron chi connectivity index (χ4n) is 2.16. The molecule has 1 aliphatic heterocycles. The van der Waals surface area contributed by atoms with E-state index >= 15 is 0 Å². The summed E-state index contributed by atoms with van der Waals surface area (Å²) in [5, 5.41) is 3.37. The molecule has 1 fully saturated rings. The maximum atomic E-state index is 12.1. The Bertz CT molecular complexity index is 427. The highest BCUT2D eigenvalue weighted by Gasteiger charge is 2.24. The van der Waals surface area contributed by atoms with Gasteiger partial charge in [0.25, 0.3) is 0 Å². The molecule has 0 bridgehead atoms. The lowest BCUT2D eigenvalue weighted by atomic mass is 10.1. The Morgan fingerprint density at radius 3 is 2.78 bits per heavy atom. The molecule has 1 aromatic rings. The molecule has 96 valence electrons. The van der Waals surface area contributed by atoms with E-state index in [0.29, 0.717) is 6.04 Å². The lowest BCUT2D eigenvalue weighted by molar-refractivity contribution is -0.129. The van der Waals surface area contributed by atoms with Gasteiger partial charge in [0.15, 0.2) is 0 Å². The number of benzene rings is 1. The van der Waals surface area contributed by atoms with E-state index in [1.54, 1.807) is 6.08 Å². The molecule has 3 nitrogen and oxygen atoms in total. The van der Waals surface area contributed by atoms with Crippen molar-refractivity contribution >= 4 is 12.0 Å². The number of hydrogen-bond donors (Lipinski definition) is 1. The second-order valence-corrected chi connectivity index (χ2v) is 4.89. The Labute approximate surface area is 108 Å². The average molecular weight is 244 g/mol. The standard InChI is InChI=1S/C15H20N2O/c1-12-11-17(13(2)10-16-12)15(18)9-8-14-6-4-3-5-7-14/h3-9,12-13,16H,10-11H2,1-2H3. The maximum absolute atomic E-state index is 12.1. The van der Waals surface area contributed by atoms with E-state index < -0.39 is 0 Å². The third-order valence-corrected chi connectivity index (χ3v) is 3.27. The van der Waals surface area contributed by atoms with Crippen molar-refractivity contribution < 1.29 is 4.79 Å². The Morgan fingerprint density at radius 1 is 1.33 bits per heavy atom. The van der Waals surface area contributed by atoms with Crippen LogP contribution in [0.1, 0.15) is 19.4 Å². The van der Waals surface area contributed by atoms with Gasteiger partial charge in [-0.1, -0.05) is 30.3 Å². The third kappa shape index (κ3) is 3.20. The van der Waals surface area contributed by atoms with E-state index in [9.17, 15) is 4.79 Å². The van der Waals surface area contributed by atoms with Crippen LogP contribution in [0.25, 0.3) is 6.08 Å². The highest BCUT2D eigenvalue weighted by atomic mass is 16.2. The predicted octanol–water partition coefficient (Wildman–Crippen LogP) is 1.91. The second kappa shape index (κ2) is 5.83. The molecule has 0 radical (unpaired) electrons. The molecule has 3 heteroatoms. The first-order chi connectivity index (χ1) is 8.66. The Kier molecular flexibility index (Phi) is 4.15. The van der Waals surface area contributed by atoms with Gasteiger partial charge in [0, 0.05) is 31.2 Å². The van der Waals surface area contributed by atoms with Crippen LogP contribution in [-0.2, 0) is 4.79 Å². The molecule has 2 rings (SSSR count). The molecule has 2 atom stereocenters. The lowest BCUT2D eigenvalue weighted by Gasteiger charge is -2.36. The fourth-order valence-corrected chi connectivity index (χ4v) is 2.16. The Morgan fingerprint density at radius 2 is 2.06 bits per heavy atom. The van der Waals surface area contributed by atoms with Crippen LogP contribution in [0.4, 0.5) is 0 Å². The molecule has 1 N–H and O–H groups in total. The monoisotopic (exact) mass is 244 g/mol. The Balaban J connectivity index is 2.01. The third-order valence-electron chi connectivity index (χ3n) is 3.27. The summed E-state index contributed by atoms with van der Waals surface area (Å²) in [5.41, 5.74) is 1.06. The first-order valence-electron chi connectivity index (χ1n) is 6.44. The molecule has 1 saturated heterocycles. The van der Waals surface area contributed by atoms with E-state index in [1.165, 1.54) is 0 Å². The molecule has 1 heterocycles. The van der Waals surface area contributed by atoms with Crippen molar-refractivity contribution in [2.75, 3.05) is 13.1 Å². The maximum Gasteiger partial charge on any atom is 0.246 e. The van der Waals surface area contributed by atoms with Crippen LogP contribution in [0.5, 0.6) is 0 Å². The number of piperazine rings is 1.